The monoisotopic (exact) mass is 416 g/mol. The van der Waals surface area contributed by atoms with E-state index in [2.05, 4.69) is 20.8 Å². The van der Waals surface area contributed by atoms with Crippen LogP contribution in [0.4, 0.5) is 10.5 Å². The Labute approximate surface area is 172 Å². The number of benzene rings is 1. The van der Waals surface area contributed by atoms with Crippen LogP contribution in [-0.4, -0.2) is 35.3 Å². The molecular formula is C20H24N4O4S. The van der Waals surface area contributed by atoms with Gasteiger partial charge >= 0.3 is 12.0 Å². The van der Waals surface area contributed by atoms with Crippen molar-refractivity contribution in [2.75, 3.05) is 18.5 Å². The van der Waals surface area contributed by atoms with Crippen molar-refractivity contribution >= 4 is 39.1 Å². The summed E-state index contributed by atoms with van der Waals surface area (Å²) in [5.74, 6) is 1.17. The number of anilines is 1. The van der Waals surface area contributed by atoms with Gasteiger partial charge in [0.05, 0.1) is 6.61 Å². The van der Waals surface area contributed by atoms with E-state index in [4.69, 9.17) is 9.26 Å². The fourth-order valence-corrected chi connectivity index (χ4v) is 3.58. The Balaban J connectivity index is 1.48. The number of nitrogens with one attached hydrogen (secondary N) is 2. The highest BCUT2D eigenvalue weighted by Crippen LogP contribution is 2.28. The third-order valence-electron chi connectivity index (χ3n) is 4.10. The second kappa shape index (κ2) is 9.51. The van der Waals surface area contributed by atoms with Crippen molar-refractivity contribution in [1.82, 2.24) is 15.5 Å². The fraction of sp³-hybridized carbons (Fsp3) is 0.400. The van der Waals surface area contributed by atoms with Crippen molar-refractivity contribution in [3.05, 3.63) is 40.9 Å². The lowest BCUT2D eigenvalue weighted by Gasteiger charge is -2.07. The summed E-state index contributed by atoms with van der Waals surface area (Å²) in [5, 5.41) is 10.4. The number of fused-ring (bicyclic) bond motifs is 1. The standard InChI is InChI=1S/C20H24N4O4S/c1-4-27-19(25)16-11-13-10-14(7-8-15(13)29-16)22-20(26)21-9-5-6-17-23-18(12(2)3)24-28-17/h7-8,10-12H,4-6,9H2,1-3H3,(H2,21,22,26). The molecule has 29 heavy (non-hydrogen) atoms. The van der Waals surface area contributed by atoms with Crippen molar-refractivity contribution in [1.29, 1.82) is 0 Å². The molecule has 0 radical (unpaired) electrons. The normalized spacial score (nSPS) is 11.0. The number of amides is 2. The topological polar surface area (TPSA) is 106 Å². The highest BCUT2D eigenvalue weighted by molar-refractivity contribution is 7.20. The van der Waals surface area contributed by atoms with E-state index in [0.717, 1.165) is 10.1 Å². The Morgan fingerprint density at radius 2 is 2.10 bits per heavy atom. The molecule has 1 aromatic carbocycles. The average molecular weight is 417 g/mol. The van der Waals surface area contributed by atoms with Crippen molar-refractivity contribution < 1.29 is 18.8 Å². The lowest BCUT2D eigenvalue weighted by molar-refractivity contribution is 0.0532. The molecular weight excluding hydrogens is 392 g/mol. The molecule has 2 amide bonds. The highest BCUT2D eigenvalue weighted by atomic mass is 32.1. The van der Waals surface area contributed by atoms with E-state index in [1.54, 1.807) is 19.1 Å². The number of esters is 1. The Bertz CT molecular complexity index is 995. The molecule has 8 nitrogen and oxygen atoms in total. The maximum Gasteiger partial charge on any atom is 0.348 e. The number of hydrogen-bond acceptors (Lipinski definition) is 7. The van der Waals surface area contributed by atoms with Gasteiger partial charge in [-0.25, -0.2) is 9.59 Å². The summed E-state index contributed by atoms with van der Waals surface area (Å²) in [6.45, 7) is 6.61. The summed E-state index contributed by atoms with van der Waals surface area (Å²) in [5.41, 5.74) is 0.654. The fourth-order valence-electron chi connectivity index (χ4n) is 2.64. The Kier molecular flexibility index (Phi) is 6.82. The second-order valence-electron chi connectivity index (χ2n) is 6.77. The van der Waals surface area contributed by atoms with Gasteiger partial charge in [-0.3, -0.25) is 0 Å². The van der Waals surface area contributed by atoms with Crippen LogP contribution in [0.5, 0.6) is 0 Å². The number of ether oxygens (including phenoxy) is 1. The zero-order valence-electron chi connectivity index (χ0n) is 16.7. The molecule has 0 fully saturated rings. The van der Waals surface area contributed by atoms with Gasteiger partial charge in [0.2, 0.25) is 5.89 Å². The first-order valence-corrected chi connectivity index (χ1v) is 10.4. The third kappa shape index (κ3) is 5.54. The van der Waals surface area contributed by atoms with E-state index in [1.165, 1.54) is 11.3 Å². The van der Waals surface area contributed by atoms with Gasteiger partial charge < -0.3 is 19.9 Å². The first kappa shape index (κ1) is 20.8. The van der Waals surface area contributed by atoms with Crippen LogP contribution in [0.3, 0.4) is 0 Å². The Morgan fingerprint density at radius 3 is 2.83 bits per heavy atom. The number of aromatic nitrogens is 2. The Morgan fingerprint density at radius 1 is 1.28 bits per heavy atom. The maximum absolute atomic E-state index is 12.1. The number of nitrogens with zero attached hydrogens (tertiary/aromatic N) is 2. The van der Waals surface area contributed by atoms with Crippen LogP contribution in [0.15, 0.2) is 28.8 Å². The van der Waals surface area contributed by atoms with E-state index in [-0.39, 0.29) is 17.9 Å². The van der Waals surface area contributed by atoms with E-state index in [0.29, 0.717) is 48.3 Å². The molecule has 0 saturated carbocycles. The van der Waals surface area contributed by atoms with E-state index >= 15 is 0 Å². The molecule has 9 heteroatoms. The van der Waals surface area contributed by atoms with Crippen LogP contribution in [0.25, 0.3) is 10.1 Å². The minimum absolute atomic E-state index is 0.227. The summed E-state index contributed by atoms with van der Waals surface area (Å²) in [7, 11) is 0. The zero-order valence-corrected chi connectivity index (χ0v) is 17.5. The van der Waals surface area contributed by atoms with Crippen molar-refractivity contribution in [2.45, 2.75) is 39.5 Å². The van der Waals surface area contributed by atoms with Gasteiger partial charge in [0, 0.05) is 29.3 Å². The van der Waals surface area contributed by atoms with E-state index in [1.807, 2.05) is 26.0 Å². The Hall–Kier alpha value is -2.94. The molecule has 154 valence electrons. The van der Waals surface area contributed by atoms with Gasteiger partial charge in [-0.05, 0) is 43.0 Å². The molecule has 2 aromatic heterocycles. The average Bonchev–Trinajstić information content (AvgIpc) is 3.32. The van der Waals surface area contributed by atoms with Crippen LogP contribution in [0.1, 0.15) is 54.5 Å². The van der Waals surface area contributed by atoms with Crippen LogP contribution in [0, 0.1) is 0 Å². The zero-order chi connectivity index (χ0) is 20.8. The summed E-state index contributed by atoms with van der Waals surface area (Å²) in [6.07, 6.45) is 1.30. The molecule has 2 N–H and O–H groups in total. The van der Waals surface area contributed by atoms with E-state index < -0.39 is 0 Å². The quantitative estimate of drug-likeness (QED) is 0.418. The molecule has 0 atom stereocenters. The third-order valence-corrected chi connectivity index (χ3v) is 5.20. The number of carbonyl (C=O) groups excluding carboxylic acids is 2. The van der Waals surface area contributed by atoms with Crippen LogP contribution < -0.4 is 10.6 Å². The number of hydrogen-bond donors (Lipinski definition) is 2. The van der Waals surface area contributed by atoms with E-state index in [9.17, 15) is 9.59 Å². The van der Waals surface area contributed by atoms with Crippen molar-refractivity contribution in [3.8, 4) is 0 Å². The predicted octanol–water partition coefficient (Wildman–Crippen LogP) is 4.34. The van der Waals surface area contributed by atoms with Gasteiger partial charge in [-0.2, -0.15) is 4.98 Å². The van der Waals surface area contributed by atoms with Gasteiger partial charge in [-0.15, -0.1) is 11.3 Å². The lowest BCUT2D eigenvalue weighted by Crippen LogP contribution is -2.29. The molecule has 3 aromatic rings. The maximum atomic E-state index is 12.1. The summed E-state index contributed by atoms with van der Waals surface area (Å²) >= 11 is 1.37. The number of rotatable bonds is 8. The van der Waals surface area contributed by atoms with Crippen molar-refractivity contribution in [3.63, 3.8) is 0 Å². The number of carbonyl (C=O) groups is 2. The number of thiophene rings is 1. The number of aryl methyl sites for hydroxylation is 1. The molecule has 0 aliphatic carbocycles. The highest BCUT2D eigenvalue weighted by Gasteiger charge is 2.12. The molecule has 0 saturated heterocycles. The minimum atomic E-state index is -0.331. The molecule has 0 aliphatic rings. The minimum Gasteiger partial charge on any atom is -0.462 e. The summed E-state index contributed by atoms with van der Waals surface area (Å²) in [6, 6.07) is 7.00. The molecule has 2 heterocycles. The smallest absolute Gasteiger partial charge is 0.348 e. The van der Waals surface area contributed by atoms with Crippen LogP contribution >= 0.6 is 11.3 Å². The van der Waals surface area contributed by atoms with Gasteiger partial charge in [-0.1, -0.05) is 19.0 Å². The van der Waals surface area contributed by atoms with Gasteiger partial charge in [0.25, 0.3) is 0 Å². The van der Waals surface area contributed by atoms with Gasteiger partial charge in [0.1, 0.15) is 4.88 Å². The number of urea groups is 1. The van der Waals surface area contributed by atoms with Crippen LogP contribution in [-0.2, 0) is 11.2 Å². The largest absolute Gasteiger partial charge is 0.462 e. The van der Waals surface area contributed by atoms with Gasteiger partial charge in [0.15, 0.2) is 5.82 Å². The molecule has 0 spiro atoms. The predicted molar refractivity (Wildman–Crippen MR) is 112 cm³/mol. The summed E-state index contributed by atoms with van der Waals surface area (Å²) in [4.78, 5) is 28.8. The molecule has 0 aliphatic heterocycles. The van der Waals surface area contributed by atoms with Crippen molar-refractivity contribution in [2.24, 2.45) is 0 Å². The first-order chi connectivity index (χ1) is 14.0. The molecule has 0 unspecified atom stereocenters. The lowest BCUT2D eigenvalue weighted by atomic mass is 10.2. The first-order valence-electron chi connectivity index (χ1n) is 9.54. The second-order valence-corrected chi connectivity index (χ2v) is 7.85. The molecule has 0 bridgehead atoms. The molecule has 3 rings (SSSR count). The van der Waals surface area contributed by atoms with Crippen LogP contribution in [0.2, 0.25) is 0 Å². The SMILES string of the molecule is CCOC(=O)c1cc2cc(NC(=O)NCCCc3nc(C(C)C)no3)ccc2s1. The summed E-state index contributed by atoms with van der Waals surface area (Å²) < 4.78 is 11.2.